The highest BCUT2D eigenvalue weighted by Gasteiger charge is 2.36. The molecular weight excluding hydrogens is 311 g/mol. The number of ether oxygens (including phenoxy) is 2. The van der Waals surface area contributed by atoms with Crippen LogP contribution in [0.25, 0.3) is 6.08 Å². The van der Waals surface area contributed by atoms with Gasteiger partial charge in [0.1, 0.15) is 23.1 Å². The number of carbonyl (C=O) groups is 1. The zero-order chi connectivity index (χ0) is 17.4. The van der Waals surface area contributed by atoms with Gasteiger partial charge in [-0.2, -0.15) is 0 Å². The zero-order valence-electron chi connectivity index (χ0n) is 13.6. The molecule has 1 aliphatic rings. The van der Waals surface area contributed by atoms with Gasteiger partial charge in [-0.15, -0.1) is 0 Å². The van der Waals surface area contributed by atoms with Crippen molar-refractivity contribution >= 4 is 11.9 Å². The summed E-state index contributed by atoms with van der Waals surface area (Å²) in [5.41, 5.74) is 1.40. The topological polar surface area (TPSA) is 55.8 Å². The van der Waals surface area contributed by atoms with Crippen LogP contribution < -0.4 is 9.47 Å². The standard InChI is InChI=1S/C19H17FO4/c1-10-14(8-11-6-12(23-2)9-13(7-11)24-3)19(22)18-16(21)5-4-15(20)17(10)18/h4-10,21H,1-3H3/b14-8-/t10-/m1/s1. The molecule has 0 radical (unpaired) electrons. The van der Waals surface area contributed by atoms with E-state index in [4.69, 9.17) is 9.47 Å². The van der Waals surface area contributed by atoms with Gasteiger partial charge in [-0.3, -0.25) is 4.79 Å². The Hall–Kier alpha value is -2.82. The summed E-state index contributed by atoms with van der Waals surface area (Å²) in [6.07, 6.45) is 1.68. The molecule has 2 aromatic carbocycles. The summed E-state index contributed by atoms with van der Waals surface area (Å²) < 4.78 is 24.6. The molecule has 0 amide bonds. The Balaban J connectivity index is 2.12. The number of carbonyl (C=O) groups excluding carboxylic acids is 1. The predicted octanol–water partition coefficient (Wildman–Crippen LogP) is 3.93. The summed E-state index contributed by atoms with van der Waals surface area (Å²) in [6, 6.07) is 7.62. The smallest absolute Gasteiger partial charge is 0.193 e. The summed E-state index contributed by atoms with van der Waals surface area (Å²) in [5.74, 6) is -0.324. The number of halogens is 1. The summed E-state index contributed by atoms with van der Waals surface area (Å²) in [6.45, 7) is 1.75. The Labute approximate surface area is 139 Å². The van der Waals surface area contributed by atoms with Crippen LogP contribution in [0.5, 0.6) is 17.2 Å². The SMILES string of the molecule is COc1cc(/C=C2\C(=O)c3c(O)ccc(F)c3[C@@H]2C)cc(OC)c1. The lowest BCUT2D eigenvalue weighted by molar-refractivity contribution is 0.103. The van der Waals surface area contributed by atoms with Crippen molar-refractivity contribution < 1.29 is 23.8 Å². The van der Waals surface area contributed by atoms with Crippen molar-refractivity contribution in [2.24, 2.45) is 0 Å². The predicted molar refractivity (Wildman–Crippen MR) is 88.3 cm³/mol. The lowest BCUT2D eigenvalue weighted by Crippen LogP contribution is -1.98. The molecule has 124 valence electrons. The number of benzene rings is 2. The van der Waals surface area contributed by atoms with Crippen LogP contribution in [0.1, 0.15) is 34.3 Å². The van der Waals surface area contributed by atoms with E-state index in [2.05, 4.69) is 0 Å². The number of hydrogen-bond donors (Lipinski definition) is 1. The first-order valence-corrected chi connectivity index (χ1v) is 7.47. The first-order chi connectivity index (χ1) is 11.5. The Bertz CT molecular complexity index is 832. The van der Waals surface area contributed by atoms with E-state index in [1.165, 1.54) is 26.4 Å². The first kappa shape index (κ1) is 16.1. The molecule has 5 heteroatoms. The highest BCUT2D eigenvalue weighted by Crippen LogP contribution is 2.43. The third-order valence-corrected chi connectivity index (χ3v) is 4.26. The monoisotopic (exact) mass is 328 g/mol. The van der Waals surface area contributed by atoms with Gasteiger partial charge in [-0.05, 0) is 35.9 Å². The van der Waals surface area contributed by atoms with E-state index in [-0.39, 0.29) is 22.7 Å². The Morgan fingerprint density at radius 3 is 2.29 bits per heavy atom. The maximum atomic E-state index is 14.1. The average molecular weight is 328 g/mol. The third-order valence-electron chi connectivity index (χ3n) is 4.26. The number of allylic oxidation sites excluding steroid dienone is 1. The number of hydrogen-bond acceptors (Lipinski definition) is 4. The van der Waals surface area contributed by atoms with E-state index in [0.717, 1.165) is 0 Å². The van der Waals surface area contributed by atoms with Crippen LogP contribution in [0.4, 0.5) is 4.39 Å². The second-order valence-electron chi connectivity index (χ2n) is 5.65. The van der Waals surface area contributed by atoms with Crippen molar-refractivity contribution in [2.75, 3.05) is 14.2 Å². The highest BCUT2D eigenvalue weighted by molar-refractivity contribution is 6.18. The van der Waals surface area contributed by atoms with E-state index in [0.29, 0.717) is 22.6 Å². The van der Waals surface area contributed by atoms with Crippen LogP contribution in [-0.2, 0) is 0 Å². The molecule has 0 unspecified atom stereocenters. The summed E-state index contributed by atoms with van der Waals surface area (Å²) >= 11 is 0. The minimum absolute atomic E-state index is 0.0450. The zero-order valence-corrected chi connectivity index (χ0v) is 13.6. The van der Waals surface area contributed by atoms with Gasteiger partial charge >= 0.3 is 0 Å². The normalized spacial score (nSPS) is 17.9. The fourth-order valence-electron chi connectivity index (χ4n) is 3.02. The van der Waals surface area contributed by atoms with Gasteiger partial charge < -0.3 is 14.6 Å². The van der Waals surface area contributed by atoms with Crippen molar-refractivity contribution in [1.82, 2.24) is 0 Å². The molecule has 0 aromatic heterocycles. The molecule has 1 N–H and O–H groups in total. The number of methoxy groups -OCH3 is 2. The Morgan fingerprint density at radius 1 is 1.12 bits per heavy atom. The summed E-state index contributed by atoms with van der Waals surface area (Å²) in [7, 11) is 3.08. The van der Waals surface area contributed by atoms with E-state index in [9.17, 15) is 14.3 Å². The first-order valence-electron chi connectivity index (χ1n) is 7.47. The molecule has 0 heterocycles. The molecule has 0 spiro atoms. The number of phenols is 1. The van der Waals surface area contributed by atoms with Crippen molar-refractivity contribution in [3.8, 4) is 17.2 Å². The van der Waals surface area contributed by atoms with Crippen LogP contribution in [0.2, 0.25) is 0 Å². The van der Waals surface area contributed by atoms with Gasteiger partial charge in [0.25, 0.3) is 0 Å². The van der Waals surface area contributed by atoms with Crippen molar-refractivity contribution in [2.45, 2.75) is 12.8 Å². The van der Waals surface area contributed by atoms with Gasteiger partial charge in [0.05, 0.1) is 19.8 Å². The van der Waals surface area contributed by atoms with Crippen LogP contribution >= 0.6 is 0 Å². The van der Waals surface area contributed by atoms with Crippen LogP contribution in [-0.4, -0.2) is 25.1 Å². The Kier molecular flexibility index (Phi) is 4.01. The summed E-state index contributed by atoms with van der Waals surface area (Å²) in [5, 5.41) is 9.94. The van der Waals surface area contributed by atoms with Crippen LogP contribution in [0.15, 0.2) is 35.9 Å². The van der Waals surface area contributed by atoms with Gasteiger partial charge in [-0.1, -0.05) is 6.92 Å². The van der Waals surface area contributed by atoms with Crippen molar-refractivity contribution in [3.63, 3.8) is 0 Å². The molecule has 0 bridgehead atoms. The highest BCUT2D eigenvalue weighted by atomic mass is 19.1. The van der Waals surface area contributed by atoms with Crippen LogP contribution in [0.3, 0.4) is 0 Å². The van der Waals surface area contributed by atoms with E-state index in [1.54, 1.807) is 31.2 Å². The molecule has 0 saturated carbocycles. The van der Waals surface area contributed by atoms with E-state index >= 15 is 0 Å². The molecule has 0 saturated heterocycles. The second-order valence-corrected chi connectivity index (χ2v) is 5.65. The lowest BCUT2D eigenvalue weighted by atomic mass is 9.97. The van der Waals surface area contributed by atoms with Gasteiger partial charge in [0, 0.05) is 23.1 Å². The molecular formula is C19H17FO4. The molecule has 0 aliphatic heterocycles. The number of phenolic OH excluding ortho intramolecular Hbond substituents is 1. The Morgan fingerprint density at radius 2 is 1.75 bits per heavy atom. The largest absolute Gasteiger partial charge is 0.507 e. The minimum Gasteiger partial charge on any atom is -0.507 e. The number of aromatic hydroxyl groups is 1. The fraction of sp³-hybridized carbons (Fsp3) is 0.211. The summed E-state index contributed by atoms with van der Waals surface area (Å²) in [4.78, 5) is 12.6. The van der Waals surface area contributed by atoms with Gasteiger partial charge in [0.15, 0.2) is 5.78 Å². The van der Waals surface area contributed by atoms with Gasteiger partial charge in [0.2, 0.25) is 0 Å². The number of ketones is 1. The maximum absolute atomic E-state index is 14.1. The number of rotatable bonds is 3. The molecule has 1 atom stereocenters. The lowest BCUT2D eigenvalue weighted by Gasteiger charge is -2.09. The fourth-order valence-corrected chi connectivity index (χ4v) is 3.02. The number of Topliss-reactive ketones (excluding diaryl/α,β-unsaturated/α-hetero) is 1. The molecule has 4 nitrogen and oxygen atoms in total. The average Bonchev–Trinajstić information content (AvgIpc) is 2.83. The number of fused-ring (bicyclic) bond motifs is 1. The maximum Gasteiger partial charge on any atom is 0.193 e. The third kappa shape index (κ3) is 2.52. The quantitative estimate of drug-likeness (QED) is 0.867. The molecule has 24 heavy (non-hydrogen) atoms. The molecule has 1 aliphatic carbocycles. The van der Waals surface area contributed by atoms with Crippen molar-refractivity contribution in [1.29, 1.82) is 0 Å². The van der Waals surface area contributed by atoms with Crippen molar-refractivity contribution in [3.05, 3.63) is 58.4 Å². The second kappa shape index (κ2) is 6.00. The molecule has 2 aromatic rings. The minimum atomic E-state index is -0.490. The van der Waals surface area contributed by atoms with E-state index in [1.807, 2.05) is 0 Å². The molecule has 0 fully saturated rings. The van der Waals surface area contributed by atoms with Crippen LogP contribution in [0, 0.1) is 5.82 Å². The van der Waals surface area contributed by atoms with E-state index < -0.39 is 11.7 Å². The van der Waals surface area contributed by atoms with Gasteiger partial charge in [-0.25, -0.2) is 4.39 Å². The molecule has 3 rings (SSSR count).